The summed E-state index contributed by atoms with van der Waals surface area (Å²) < 4.78 is 5.45. The Morgan fingerprint density at radius 1 is 1.04 bits per heavy atom. The van der Waals surface area contributed by atoms with Crippen LogP contribution in [-0.2, 0) is 16.8 Å². The van der Waals surface area contributed by atoms with E-state index < -0.39 is 10.9 Å². The number of benzene rings is 2. The molecular formula is C21H25NO4. The highest BCUT2D eigenvalue weighted by atomic mass is 16.6. The maximum absolute atomic E-state index is 12.3. The van der Waals surface area contributed by atoms with Gasteiger partial charge in [-0.1, -0.05) is 32.9 Å². The summed E-state index contributed by atoms with van der Waals surface area (Å²) in [5, 5.41) is 10.9. The van der Waals surface area contributed by atoms with E-state index in [2.05, 4.69) is 32.9 Å². The fraction of sp³-hybridized carbons (Fsp3) is 0.381. The molecule has 5 nitrogen and oxygen atoms in total. The Kier molecular flexibility index (Phi) is 5.50. The number of nitrogens with zero attached hydrogens (tertiary/aromatic N) is 1. The van der Waals surface area contributed by atoms with Crippen LogP contribution in [0.1, 0.15) is 58.9 Å². The summed E-state index contributed by atoms with van der Waals surface area (Å²) in [6, 6.07) is 8.51. The highest BCUT2D eigenvalue weighted by Crippen LogP contribution is 2.27. The third-order valence-electron chi connectivity index (χ3n) is 4.54. The van der Waals surface area contributed by atoms with Gasteiger partial charge in [-0.15, -0.1) is 0 Å². The molecular weight excluding hydrogens is 330 g/mol. The number of rotatable bonds is 4. The van der Waals surface area contributed by atoms with Crippen LogP contribution in [0.25, 0.3) is 0 Å². The van der Waals surface area contributed by atoms with Crippen LogP contribution in [0.4, 0.5) is 5.69 Å². The molecule has 0 aliphatic carbocycles. The average Bonchev–Trinajstić information content (AvgIpc) is 2.52. The number of nitro groups is 1. The van der Waals surface area contributed by atoms with Gasteiger partial charge >= 0.3 is 5.97 Å². The number of hydrogen-bond acceptors (Lipinski definition) is 4. The molecule has 0 fully saturated rings. The van der Waals surface area contributed by atoms with Gasteiger partial charge in [-0.2, -0.15) is 0 Å². The molecule has 0 saturated heterocycles. The quantitative estimate of drug-likeness (QED) is 0.431. The van der Waals surface area contributed by atoms with Gasteiger partial charge in [0.15, 0.2) is 0 Å². The molecule has 0 amide bonds. The summed E-state index contributed by atoms with van der Waals surface area (Å²) >= 11 is 0. The average molecular weight is 355 g/mol. The highest BCUT2D eigenvalue weighted by Gasteiger charge is 2.18. The van der Waals surface area contributed by atoms with Crippen LogP contribution in [0.2, 0.25) is 0 Å². The Balaban J connectivity index is 2.17. The van der Waals surface area contributed by atoms with Crippen molar-refractivity contribution in [3.05, 3.63) is 73.8 Å². The summed E-state index contributed by atoms with van der Waals surface area (Å²) in [6.45, 7) is 12.3. The van der Waals surface area contributed by atoms with Gasteiger partial charge in [-0.05, 0) is 60.6 Å². The zero-order valence-corrected chi connectivity index (χ0v) is 16.2. The van der Waals surface area contributed by atoms with Crippen LogP contribution in [-0.4, -0.2) is 10.9 Å². The molecule has 0 aliphatic rings. The van der Waals surface area contributed by atoms with Gasteiger partial charge in [-0.3, -0.25) is 10.1 Å². The Morgan fingerprint density at radius 2 is 1.62 bits per heavy atom. The highest BCUT2D eigenvalue weighted by molar-refractivity contribution is 5.90. The molecule has 0 bridgehead atoms. The molecule has 2 aromatic carbocycles. The Bertz CT molecular complexity index is 840. The lowest BCUT2D eigenvalue weighted by atomic mass is 9.84. The van der Waals surface area contributed by atoms with Crippen LogP contribution in [0.15, 0.2) is 30.3 Å². The lowest BCUT2D eigenvalue weighted by molar-refractivity contribution is -0.385. The second-order valence-electron chi connectivity index (χ2n) is 7.67. The Labute approximate surface area is 154 Å². The minimum absolute atomic E-state index is 0.00833. The first kappa shape index (κ1) is 19.6. The van der Waals surface area contributed by atoms with Crippen molar-refractivity contribution in [2.45, 2.75) is 53.6 Å². The van der Waals surface area contributed by atoms with E-state index in [-0.39, 0.29) is 17.7 Å². The number of esters is 1. The summed E-state index contributed by atoms with van der Waals surface area (Å²) in [5.74, 6) is -0.485. The smallest absolute Gasteiger partial charge is 0.338 e. The summed E-state index contributed by atoms with van der Waals surface area (Å²) in [7, 11) is 0. The van der Waals surface area contributed by atoms with Crippen molar-refractivity contribution in [3.8, 4) is 0 Å². The van der Waals surface area contributed by atoms with Gasteiger partial charge in [0.2, 0.25) is 0 Å². The predicted octanol–water partition coefficient (Wildman–Crippen LogP) is 5.17. The first-order chi connectivity index (χ1) is 12.0. The molecule has 0 aromatic heterocycles. The molecule has 5 heteroatoms. The van der Waals surface area contributed by atoms with Crippen LogP contribution in [0.3, 0.4) is 0 Å². The molecule has 0 N–H and O–H groups in total. The Morgan fingerprint density at radius 3 is 2.08 bits per heavy atom. The lowest BCUT2D eigenvalue weighted by Crippen LogP contribution is -2.13. The van der Waals surface area contributed by atoms with Crippen molar-refractivity contribution in [2.75, 3.05) is 0 Å². The summed E-state index contributed by atoms with van der Waals surface area (Å²) in [4.78, 5) is 22.7. The van der Waals surface area contributed by atoms with Crippen molar-refractivity contribution in [3.63, 3.8) is 0 Å². The minimum Gasteiger partial charge on any atom is -0.457 e. The molecule has 0 aliphatic heterocycles. The molecule has 0 heterocycles. The molecule has 138 valence electrons. The second-order valence-corrected chi connectivity index (χ2v) is 7.67. The minimum atomic E-state index is -0.485. The van der Waals surface area contributed by atoms with E-state index >= 15 is 0 Å². The van der Waals surface area contributed by atoms with Crippen molar-refractivity contribution in [1.29, 1.82) is 0 Å². The van der Waals surface area contributed by atoms with E-state index in [1.54, 1.807) is 6.92 Å². The number of hydrogen-bond donors (Lipinski definition) is 0. The van der Waals surface area contributed by atoms with E-state index in [1.807, 2.05) is 13.8 Å². The van der Waals surface area contributed by atoms with E-state index in [1.165, 1.54) is 23.8 Å². The summed E-state index contributed by atoms with van der Waals surface area (Å²) in [5.41, 5.74) is 5.21. The zero-order chi connectivity index (χ0) is 19.6. The number of carbonyl (C=O) groups excluding carboxylic acids is 1. The first-order valence-corrected chi connectivity index (χ1v) is 8.53. The van der Waals surface area contributed by atoms with E-state index in [4.69, 9.17) is 4.74 Å². The normalized spacial score (nSPS) is 11.3. The van der Waals surface area contributed by atoms with Crippen LogP contribution in [0.5, 0.6) is 0 Å². The topological polar surface area (TPSA) is 69.4 Å². The van der Waals surface area contributed by atoms with Crippen molar-refractivity contribution in [2.24, 2.45) is 0 Å². The molecule has 26 heavy (non-hydrogen) atoms. The van der Waals surface area contributed by atoms with Crippen LogP contribution >= 0.6 is 0 Å². The van der Waals surface area contributed by atoms with Crippen LogP contribution < -0.4 is 0 Å². The van der Waals surface area contributed by atoms with Crippen molar-refractivity contribution in [1.82, 2.24) is 0 Å². The molecule has 2 aromatic rings. The van der Waals surface area contributed by atoms with Gasteiger partial charge in [0.05, 0.1) is 10.5 Å². The van der Waals surface area contributed by atoms with Gasteiger partial charge < -0.3 is 4.74 Å². The predicted molar refractivity (Wildman–Crippen MR) is 102 cm³/mol. The molecule has 2 rings (SSSR count). The molecule has 0 atom stereocenters. The SMILES string of the molecule is Cc1cc(C(=O)OCc2c(C)cc(C(C)(C)C)cc2C)ccc1[N+](=O)[O-]. The lowest BCUT2D eigenvalue weighted by Gasteiger charge is -2.22. The molecule has 0 saturated carbocycles. The second kappa shape index (κ2) is 7.28. The largest absolute Gasteiger partial charge is 0.457 e. The summed E-state index contributed by atoms with van der Waals surface area (Å²) in [6.07, 6.45) is 0. The monoisotopic (exact) mass is 355 g/mol. The standard InChI is InChI=1S/C21H25NO4/c1-13-10-17(21(4,5)6)11-14(2)18(13)12-26-20(23)16-7-8-19(22(24)25)15(3)9-16/h7-11H,12H2,1-6H3. The third-order valence-corrected chi connectivity index (χ3v) is 4.54. The van der Waals surface area contributed by atoms with Gasteiger partial charge in [0.1, 0.15) is 6.61 Å². The fourth-order valence-electron chi connectivity index (χ4n) is 2.86. The van der Waals surface area contributed by atoms with Gasteiger partial charge in [0, 0.05) is 11.6 Å². The maximum Gasteiger partial charge on any atom is 0.338 e. The number of nitro benzene ring substituents is 1. The number of ether oxygens (including phenoxy) is 1. The van der Waals surface area contributed by atoms with Crippen molar-refractivity contribution < 1.29 is 14.5 Å². The zero-order valence-electron chi connectivity index (χ0n) is 16.2. The van der Waals surface area contributed by atoms with Gasteiger partial charge in [-0.25, -0.2) is 4.79 Å². The number of aryl methyl sites for hydroxylation is 3. The van der Waals surface area contributed by atoms with Gasteiger partial charge in [0.25, 0.3) is 5.69 Å². The molecule has 0 unspecified atom stereocenters. The van der Waals surface area contributed by atoms with Crippen molar-refractivity contribution >= 4 is 11.7 Å². The third kappa shape index (κ3) is 4.28. The Hall–Kier alpha value is -2.69. The fourth-order valence-corrected chi connectivity index (χ4v) is 2.86. The molecule has 0 radical (unpaired) electrons. The van der Waals surface area contributed by atoms with E-state index in [0.717, 1.165) is 16.7 Å². The number of carbonyl (C=O) groups is 1. The first-order valence-electron chi connectivity index (χ1n) is 8.53. The van der Waals surface area contributed by atoms with E-state index in [0.29, 0.717) is 11.1 Å². The van der Waals surface area contributed by atoms with E-state index in [9.17, 15) is 14.9 Å². The maximum atomic E-state index is 12.3. The molecule has 0 spiro atoms. The van der Waals surface area contributed by atoms with Crippen LogP contribution in [0, 0.1) is 30.9 Å².